The van der Waals surface area contributed by atoms with E-state index in [2.05, 4.69) is 5.09 Å². The van der Waals surface area contributed by atoms with Crippen LogP contribution in [0.2, 0.25) is 0 Å². The molecule has 1 rings (SSSR count). The van der Waals surface area contributed by atoms with Crippen molar-refractivity contribution in [2.24, 2.45) is 0 Å². The third-order valence-corrected chi connectivity index (χ3v) is 5.81. The van der Waals surface area contributed by atoms with Crippen molar-refractivity contribution < 1.29 is 4.57 Å². The summed E-state index contributed by atoms with van der Waals surface area (Å²) in [6.07, 6.45) is 0. The molecule has 3 nitrogen and oxygen atoms in total. The maximum absolute atomic E-state index is 12.3. The molecule has 0 bridgehead atoms. The van der Waals surface area contributed by atoms with Gasteiger partial charge in [-0.1, -0.05) is 41.4 Å². The molecule has 1 N–H and O–H groups in total. The maximum atomic E-state index is 12.3. The van der Waals surface area contributed by atoms with Gasteiger partial charge in [0.1, 0.15) is 0 Å². The highest BCUT2D eigenvalue weighted by Gasteiger charge is 2.32. The van der Waals surface area contributed by atoms with Crippen molar-refractivity contribution in [2.45, 2.75) is 4.58 Å². The average molecular weight is 267 g/mol. The number of anilines is 1. The first-order chi connectivity index (χ1) is 6.97. The molecule has 1 aromatic carbocycles. The van der Waals surface area contributed by atoms with Crippen LogP contribution in [0.3, 0.4) is 0 Å². The summed E-state index contributed by atoms with van der Waals surface area (Å²) < 4.78 is 12.9. The van der Waals surface area contributed by atoms with Gasteiger partial charge in [0.2, 0.25) is 0 Å². The van der Waals surface area contributed by atoms with Crippen molar-refractivity contribution in [1.82, 2.24) is 4.67 Å². The summed E-state index contributed by atoms with van der Waals surface area (Å²) in [6.45, 7) is 0. The molecule has 0 fully saturated rings. The van der Waals surface area contributed by atoms with Crippen LogP contribution < -0.4 is 5.09 Å². The molecule has 0 radical (unpaired) electrons. The Hall–Kier alpha value is -0.210. The van der Waals surface area contributed by atoms with Crippen molar-refractivity contribution in [3.8, 4) is 0 Å². The van der Waals surface area contributed by atoms with E-state index in [4.69, 9.17) is 23.2 Å². The number of alkyl halides is 2. The molecular formula is C9H13Cl2N2OP. The highest BCUT2D eigenvalue weighted by molar-refractivity contribution is 7.67. The Kier molecular flexibility index (Phi) is 4.47. The van der Waals surface area contributed by atoms with Crippen LogP contribution in [0, 0.1) is 0 Å². The lowest BCUT2D eigenvalue weighted by Crippen LogP contribution is -2.18. The minimum atomic E-state index is -2.97. The van der Waals surface area contributed by atoms with Gasteiger partial charge in [-0.3, -0.25) is 4.57 Å². The monoisotopic (exact) mass is 266 g/mol. The van der Waals surface area contributed by atoms with Gasteiger partial charge in [-0.05, 0) is 26.2 Å². The predicted molar refractivity (Wildman–Crippen MR) is 66.9 cm³/mol. The molecule has 0 heterocycles. The van der Waals surface area contributed by atoms with Crippen LogP contribution in [-0.4, -0.2) is 23.3 Å². The topological polar surface area (TPSA) is 32.3 Å². The van der Waals surface area contributed by atoms with Crippen LogP contribution in [0.25, 0.3) is 0 Å². The fourth-order valence-corrected chi connectivity index (χ4v) is 3.53. The molecule has 1 aromatic rings. The van der Waals surface area contributed by atoms with Gasteiger partial charge in [0.25, 0.3) is 7.44 Å². The minimum absolute atomic E-state index is 0.737. The third-order valence-electron chi connectivity index (χ3n) is 1.92. The Morgan fingerprint density at radius 2 is 1.80 bits per heavy atom. The van der Waals surface area contributed by atoms with Gasteiger partial charge in [0, 0.05) is 5.69 Å². The molecule has 0 unspecified atom stereocenters. The smallest absolute Gasteiger partial charge is 0.268 e. The first-order valence-electron chi connectivity index (χ1n) is 4.36. The van der Waals surface area contributed by atoms with E-state index in [1.807, 2.05) is 30.3 Å². The van der Waals surface area contributed by atoms with E-state index >= 15 is 0 Å². The van der Waals surface area contributed by atoms with Gasteiger partial charge in [-0.2, -0.15) is 0 Å². The second kappa shape index (κ2) is 5.22. The van der Waals surface area contributed by atoms with Crippen molar-refractivity contribution >= 4 is 36.3 Å². The molecule has 0 aliphatic carbocycles. The van der Waals surface area contributed by atoms with E-state index in [1.165, 1.54) is 4.67 Å². The largest absolute Gasteiger partial charge is 0.323 e. The normalized spacial score (nSPS) is 15.3. The summed E-state index contributed by atoms with van der Waals surface area (Å²) in [5.74, 6) is 0. The average Bonchev–Trinajstić information content (AvgIpc) is 2.18. The lowest BCUT2D eigenvalue weighted by Gasteiger charge is -2.27. The van der Waals surface area contributed by atoms with Crippen LogP contribution in [0.5, 0.6) is 0 Å². The van der Waals surface area contributed by atoms with Gasteiger partial charge in [-0.25, -0.2) is 4.67 Å². The van der Waals surface area contributed by atoms with Crippen LogP contribution >= 0.6 is 30.6 Å². The second-order valence-electron chi connectivity index (χ2n) is 3.23. The maximum Gasteiger partial charge on any atom is 0.268 e. The van der Waals surface area contributed by atoms with Gasteiger partial charge in [0.15, 0.2) is 4.58 Å². The van der Waals surface area contributed by atoms with E-state index in [0.717, 1.165) is 5.69 Å². The van der Waals surface area contributed by atoms with Gasteiger partial charge >= 0.3 is 0 Å². The molecule has 0 aromatic heterocycles. The molecule has 0 saturated carbocycles. The summed E-state index contributed by atoms with van der Waals surface area (Å²) in [5, 5.41) is 2.87. The zero-order valence-electron chi connectivity index (χ0n) is 8.52. The quantitative estimate of drug-likeness (QED) is 0.668. The second-order valence-corrected chi connectivity index (χ2v) is 7.72. The van der Waals surface area contributed by atoms with E-state index in [1.54, 1.807) is 14.1 Å². The van der Waals surface area contributed by atoms with Crippen LogP contribution in [-0.2, 0) is 4.57 Å². The standard InChI is InChI=1S/C9H13Cl2N2OP/c1-13(2)15(14,9(10)11)12-8-6-4-3-5-7-8/h3-7,9H,1-2H3,(H,12,14)/t15-/m0/s1. The lowest BCUT2D eigenvalue weighted by atomic mass is 10.3. The highest BCUT2D eigenvalue weighted by atomic mass is 35.5. The number of nitrogens with zero attached hydrogens (tertiary/aromatic N) is 1. The summed E-state index contributed by atoms with van der Waals surface area (Å²) in [6, 6.07) is 9.20. The van der Waals surface area contributed by atoms with Crippen molar-refractivity contribution in [1.29, 1.82) is 0 Å². The minimum Gasteiger partial charge on any atom is -0.323 e. The molecule has 84 valence electrons. The van der Waals surface area contributed by atoms with Crippen molar-refractivity contribution in [3.63, 3.8) is 0 Å². The van der Waals surface area contributed by atoms with Gasteiger partial charge < -0.3 is 5.09 Å². The SMILES string of the molecule is CN(C)[P@@](=O)(Nc1ccccc1)C(Cl)Cl. The molecule has 0 aliphatic rings. The summed E-state index contributed by atoms with van der Waals surface area (Å²) in [4.78, 5) is 0. The number of benzene rings is 1. The van der Waals surface area contributed by atoms with E-state index < -0.39 is 12.0 Å². The summed E-state index contributed by atoms with van der Waals surface area (Å²) >= 11 is 11.5. The van der Waals surface area contributed by atoms with E-state index in [-0.39, 0.29) is 0 Å². The zero-order chi connectivity index (χ0) is 11.5. The first-order valence-corrected chi connectivity index (χ1v) is 6.96. The summed E-state index contributed by atoms with van der Waals surface area (Å²) in [7, 11) is 0.379. The Bertz CT molecular complexity index is 344. The molecule has 1 atom stereocenters. The Morgan fingerprint density at radius 3 is 2.20 bits per heavy atom. The fraction of sp³-hybridized carbons (Fsp3) is 0.333. The van der Waals surface area contributed by atoms with Gasteiger partial charge in [-0.15, -0.1) is 0 Å². The Labute approximate surface area is 99.8 Å². The van der Waals surface area contributed by atoms with E-state index in [0.29, 0.717) is 0 Å². The zero-order valence-corrected chi connectivity index (χ0v) is 10.9. The van der Waals surface area contributed by atoms with Gasteiger partial charge in [0.05, 0.1) is 0 Å². The molecule has 0 aliphatic heterocycles. The molecule has 15 heavy (non-hydrogen) atoms. The number of para-hydroxylation sites is 1. The molecule has 0 spiro atoms. The van der Waals surface area contributed by atoms with E-state index in [9.17, 15) is 4.57 Å². The Balaban J connectivity index is 2.91. The third kappa shape index (κ3) is 3.12. The van der Waals surface area contributed by atoms with Crippen LogP contribution in [0.15, 0.2) is 30.3 Å². The first kappa shape index (κ1) is 12.9. The number of halogens is 2. The molecule has 0 saturated heterocycles. The summed E-state index contributed by atoms with van der Waals surface area (Å²) in [5.41, 5.74) is 0.737. The fourth-order valence-electron chi connectivity index (χ4n) is 1.02. The number of hydrogen-bond donors (Lipinski definition) is 1. The lowest BCUT2D eigenvalue weighted by molar-refractivity contribution is 0.521. The molecule has 0 amide bonds. The number of rotatable bonds is 4. The van der Waals surface area contributed by atoms with Crippen molar-refractivity contribution in [2.75, 3.05) is 19.2 Å². The van der Waals surface area contributed by atoms with Crippen LogP contribution in [0.4, 0.5) is 5.69 Å². The van der Waals surface area contributed by atoms with Crippen molar-refractivity contribution in [3.05, 3.63) is 30.3 Å². The van der Waals surface area contributed by atoms with Crippen LogP contribution in [0.1, 0.15) is 0 Å². The predicted octanol–water partition coefficient (Wildman–Crippen LogP) is 3.61. The number of nitrogens with one attached hydrogen (secondary N) is 1. The highest BCUT2D eigenvalue weighted by Crippen LogP contribution is 2.55. The molecule has 6 heteroatoms. The number of hydrogen-bond acceptors (Lipinski definition) is 1. The molecular weight excluding hydrogens is 254 g/mol. The Morgan fingerprint density at radius 1 is 1.27 bits per heavy atom.